The first-order valence-electron chi connectivity index (χ1n) is 9.16. The molecule has 0 saturated carbocycles. The number of imide groups is 1. The van der Waals surface area contributed by atoms with Gasteiger partial charge in [0.1, 0.15) is 5.82 Å². The van der Waals surface area contributed by atoms with Crippen LogP contribution in [0.4, 0.5) is 20.9 Å². The first-order chi connectivity index (χ1) is 14.6. The van der Waals surface area contributed by atoms with Crippen LogP contribution in [-0.2, 0) is 0 Å². The Hall–Kier alpha value is -3.36. The molecule has 1 aliphatic rings. The van der Waals surface area contributed by atoms with Crippen LogP contribution in [0.15, 0.2) is 78.2 Å². The Morgan fingerprint density at radius 1 is 0.871 bits per heavy atom. The zero-order valence-corrected chi connectivity index (χ0v) is 18.4. The number of aromatic nitrogens is 1. The predicted octanol–water partition coefficient (Wildman–Crippen LogP) is 6.07. The second kappa shape index (κ2) is 8.41. The molecule has 8 heteroatoms. The molecule has 2 amide bonds. The van der Waals surface area contributed by atoms with Crippen LogP contribution in [0.5, 0.6) is 0 Å². The molecule has 31 heavy (non-hydrogen) atoms. The number of carbonyl (C=O) groups is 2. The minimum absolute atomic E-state index is 0. The van der Waals surface area contributed by atoms with Crippen molar-refractivity contribution in [2.24, 2.45) is 0 Å². The van der Waals surface area contributed by atoms with E-state index in [0.717, 1.165) is 11.3 Å². The number of hydrogen-bond acceptors (Lipinski definition) is 5. The van der Waals surface area contributed by atoms with Crippen molar-refractivity contribution in [2.45, 2.75) is 0 Å². The van der Waals surface area contributed by atoms with Gasteiger partial charge in [0.15, 0.2) is 5.13 Å². The average molecular weight is 496 g/mol. The number of anilines is 3. The zero-order valence-electron chi connectivity index (χ0n) is 15.9. The van der Waals surface area contributed by atoms with Crippen molar-refractivity contribution in [3.8, 4) is 11.3 Å². The lowest BCUT2D eigenvalue weighted by Crippen LogP contribution is -2.29. The fraction of sp³-hybridized carbons (Fsp3) is 0. The monoisotopic (exact) mass is 495 g/mol. The molecule has 5 nitrogen and oxygen atoms in total. The Morgan fingerprint density at radius 2 is 1.55 bits per heavy atom. The number of benzene rings is 3. The highest BCUT2D eigenvalue weighted by Crippen LogP contribution is 2.33. The molecule has 1 aromatic heterocycles. The Labute approximate surface area is 191 Å². The van der Waals surface area contributed by atoms with Gasteiger partial charge in [-0.2, -0.15) is 0 Å². The second-order valence-electron chi connectivity index (χ2n) is 6.71. The third kappa shape index (κ3) is 3.87. The molecule has 2 heterocycles. The molecule has 5 rings (SSSR count). The topological polar surface area (TPSA) is 62.3 Å². The molecule has 0 bridgehead atoms. The highest BCUT2D eigenvalue weighted by atomic mass is 79.9. The predicted molar refractivity (Wildman–Crippen MR) is 125 cm³/mol. The van der Waals surface area contributed by atoms with Crippen LogP contribution < -0.4 is 10.2 Å². The molecular weight excluding hydrogens is 481 g/mol. The molecule has 3 aromatic carbocycles. The van der Waals surface area contributed by atoms with Crippen LogP contribution >= 0.6 is 28.3 Å². The molecule has 154 valence electrons. The quantitative estimate of drug-likeness (QED) is 0.349. The normalized spacial score (nSPS) is 12.5. The van der Waals surface area contributed by atoms with Gasteiger partial charge in [-0.25, -0.2) is 14.3 Å². The zero-order chi connectivity index (χ0) is 20.7. The lowest BCUT2D eigenvalue weighted by atomic mass is 10.1. The molecule has 0 atom stereocenters. The third-order valence-corrected chi connectivity index (χ3v) is 5.55. The molecule has 1 N–H and O–H groups in total. The number of carbonyl (C=O) groups excluding carboxylic acids is 2. The summed E-state index contributed by atoms with van der Waals surface area (Å²) in [7, 11) is 0. The number of halogens is 2. The van der Waals surface area contributed by atoms with Gasteiger partial charge in [0, 0.05) is 16.6 Å². The van der Waals surface area contributed by atoms with Gasteiger partial charge in [0.25, 0.3) is 11.8 Å². The first kappa shape index (κ1) is 20.9. The van der Waals surface area contributed by atoms with Crippen molar-refractivity contribution in [1.29, 1.82) is 0 Å². The molecule has 0 aliphatic carbocycles. The molecule has 0 fully saturated rings. The molecule has 4 aromatic rings. The Morgan fingerprint density at radius 3 is 2.23 bits per heavy atom. The van der Waals surface area contributed by atoms with Crippen molar-refractivity contribution in [3.63, 3.8) is 0 Å². The molecule has 0 spiro atoms. The summed E-state index contributed by atoms with van der Waals surface area (Å²) in [5.41, 5.74) is 3.55. The van der Waals surface area contributed by atoms with E-state index in [9.17, 15) is 14.0 Å². The van der Waals surface area contributed by atoms with Crippen LogP contribution in [0.1, 0.15) is 20.7 Å². The maximum Gasteiger partial charge on any atom is 0.266 e. The average Bonchev–Trinajstić information content (AvgIpc) is 3.33. The lowest BCUT2D eigenvalue weighted by molar-refractivity contribution is 0.0926. The molecule has 1 aliphatic heterocycles. The van der Waals surface area contributed by atoms with E-state index >= 15 is 0 Å². The second-order valence-corrected chi connectivity index (χ2v) is 7.57. The van der Waals surface area contributed by atoms with Gasteiger partial charge in [-0.05, 0) is 48.5 Å². The Balaban J connectivity index is 0.00000231. The number of nitrogens with one attached hydrogen (secondary N) is 1. The maximum absolute atomic E-state index is 13.1. The Kier molecular flexibility index (Phi) is 5.67. The first-order valence-corrected chi connectivity index (χ1v) is 10.0. The molecule has 0 unspecified atom stereocenters. The summed E-state index contributed by atoms with van der Waals surface area (Å²) in [6.07, 6.45) is 0. The smallest absolute Gasteiger partial charge is 0.266 e. The van der Waals surface area contributed by atoms with Crippen molar-refractivity contribution >= 4 is 56.6 Å². The molecule has 0 radical (unpaired) electrons. The van der Waals surface area contributed by atoms with Gasteiger partial charge < -0.3 is 5.32 Å². The summed E-state index contributed by atoms with van der Waals surface area (Å²) < 4.78 is 13.1. The van der Waals surface area contributed by atoms with Gasteiger partial charge in [0.2, 0.25) is 0 Å². The number of amides is 2. The standard InChI is InChI=1S/C23H14FN3O2S.BrH/c24-15-8-10-16(11-9-15)25-23-26-20(13-30-23)14-4-3-5-17(12-14)27-21(28)18-6-1-2-7-19(18)22(27)29;/h1-13H,(H,25,26);1H. The van der Waals surface area contributed by atoms with Crippen LogP contribution in [0.3, 0.4) is 0 Å². The lowest BCUT2D eigenvalue weighted by Gasteiger charge is -2.14. The summed E-state index contributed by atoms with van der Waals surface area (Å²) in [5.74, 6) is -0.959. The fourth-order valence-corrected chi connectivity index (χ4v) is 4.09. The minimum atomic E-state index is -0.329. The number of hydrogen-bond donors (Lipinski definition) is 1. The van der Waals surface area contributed by atoms with Crippen molar-refractivity contribution in [3.05, 3.63) is 95.1 Å². The number of rotatable bonds is 4. The van der Waals surface area contributed by atoms with Crippen molar-refractivity contribution < 1.29 is 14.0 Å². The maximum atomic E-state index is 13.1. The summed E-state index contributed by atoms with van der Waals surface area (Å²) in [6, 6.07) is 20.0. The van der Waals surface area contributed by atoms with Crippen molar-refractivity contribution in [1.82, 2.24) is 4.98 Å². The van der Waals surface area contributed by atoms with Gasteiger partial charge >= 0.3 is 0 Å². The molecular formula is C23H15BrFN3O2S. The van der Waals surface area contributed by atoms with E-state index in [-0.39, 0.29) is 34.6 Å². The van der Waals surface area contributed by atoms with E-state index < -0.39 is 0 Å². The number of thiazole rings is 1. The fourth-order valence-electron chi connectivity index (χ4n) is 3.35. The number of fused-ring (bicyclic) bond motifs is 1. The van der Waals surface area contributed by atoms with Crippen LogP contribution in [0.2, 0.25) is 0 Å². The van der Waals surface area contributed by atoms with E-state index in [1.165, 1.54) is 28.4 Å². The van der Waals surface area contributed by atoms with E-state index in [1.54, 1.807) is 54.6 Å². The highest BCUT2D eigenvalue weighted by molar-refractivity contribution is 8.93. The van der Waals surface area contributed by atoms with Gasteiger partial charge in [-0.1, -0.05) is 24.3 Å². The summed E-state index contributed by atoms with van der Waals surface area (Å²) in [4.78, 5) is 31.2. The largest absolute Gasteiger partial charge is 0.332 e. The van der Waals surface area contributed by atoms with Crippen LogP contribution in [-0.4, -0.2) is 16.8 Å². The highest BCUT2D eigenvalue weighted by Gasteiger charge is 2.36. The molecule has 0 saturated heterocycles. The van der Waals surface area contributed by atoms with Gasteiger partial charge in [-0.15, -0.1) is 28.3 Å². The summed E-state index contributed by atoms with van der Waals surface area (Å²) in [6.45, 7) is 0. The minimum Gasteiger partial charge on any atom is -0.332 e. The van der Waals surface area contributed by atoms with Gasteiger partial charge in [0.05, 0.1) is 22.5 Å². The van der Waals surface area contributed by atoms with Crippen LogP contribution in [0.25, 0.3) is 11.3 Å². The van der Waals surface area contributed by atoms with E-state index in [0.29, 0.717) is 27.6 Å². The van der Waals surface area contributed by atoms with Gasteiger partial charge in [-0.3, -0.25) is 9.59 Å². The van der Waals surface area contributed by atoms with Crippen LogP contribution in [0, 0.1) is 5.82 Å². The summed E-state index contributed by atoms with van der Waals surface area (Å²) in [5, 5.41) is 5.68. The number of nitrogens with zero attached hydrogens (tertiary/aromatic N) is 2. The summed E-state index contributed by atoms with van der Waals surface area (Å²) >= 11 is 1.41. The Bertz CT molecular complexity index is 1250. The van der Waals surface area contributed by atoms with E-state index in [4.69, 9.17) is 0 Å². The van der Waals surface area contributed by atoms with Crippen molar-refractivity contribution in [2.75, 3.05) is 10.2 Å². The SMILES string of the molecule is Br.O=C1c2ccccc2C(=O)N1c1cccc(-c2csc(Nc3ccc(F)cc3)n2)c1. The van der Waals surface area contributed by atoms with E-state index in [1.807, 2.05) is 11.4 Å². The third-order valence-electron chi connectivity index (χ3n) is 4.79. The van der Waals surface area contributed by atoms with E-state index in [2.05, 4.69) is 10.3 Å².